The Kier molecular flexibility index (Phi) is 6.96. The Balaban J connectivity index is 1.98. The molecule has 0 radical (unpaired) electrons. The zero-order valence-electron chi connectivity index (χ0n) is 18.9. The van der Waals surface area contributed by atoms with Crippen LogP contribution in [0.5, 0.6) is 0 Å². The van der Waals surface area contributed by atoms with Gasteiger partial charge in [-0.1, -0.05) is 79.4 Å². The van der Waals surface area contributed by atoms with Crippen LogP contribution in [0.1, 0.15) is 99.3 Å². The molecule has 0 unspecified atom stereocenters. The average Bonchev–Trinajstić information content (AvgIpc) is 3.19. The van der Waals surface area contributed by atoms with Crippen molar-refractivity contribution in [2.45, 2.75) is 132 Å². The van der Waals surface area contributed by atoms with E-state index in [9.17, 15) is 0 Å². The smallest absolute Gasteiger partial charge is 0.201 e. The summed E-state index contributed by atoms with van der Waals surface area (Å²) in [5, 5.41) is 1.40. The molecule has 1 nitrogen and oxygen atoms in total. The van der Waals surface area contributed by atoms with Crippen LogP contribution in [-0.4, -0.2) is 24.4 Å². The molecule has 3 heteroatoms. The Labute approximate surface area is 174 Å². The first-order valence-corrected chi connectivity index (χ1v) is 14.9. The molecular weight excluding hydrogens is 364 g/mol. The van der Waals surface area contributed by atoms with Crippen molar-refractivity contribution in [3.8, 4) is 0 Å². The fourth-order valence-corrected chi connectivity index (χ4v) is 14.6. The van der Waals surface area contributed by atoms with Crippen LogP contribution in [0, 0.1) is 5.92 Å². The predicted molar refractivity (Wildman–Crippen MR) is 124 cm³/mol. The Morgan fingerprint density at radius 1 is 0.926 bits per heavy atom. The van der Waals surface area contributed by atoms with Gasteiger partial charge in [0.25, 0.3) is 0 Å². The van der Waals surface area contributed by atoms with Gasteiger partial charge in [-0.3, -0.25) is 0 Å². The van der Waals surface area contributed by atoms with Crippen LogP contribution in [0.2, 0.25) is 16.6 Å². The highest BCUT2D eigenvalue weighted by Gasteiger charge is 2.60. The summed E-state index contributed by atoms with van der Waals surface area (Å²) in [6.45, 7) is 19.3. The normalized spacial score (nSPS) is 32.9. The van der Waals surface area contributed by atoms with Gasteiger partial charge in [0, 0.05) is 5.25 Å². The zero-order valence-corrected chi connectivity index (χ0v) is 20.7. The summed E-state index contributed by atoms with van der Waals surface area (Å²) in [7, 11) is -1.89. The van der Waals surface area contributed by atoms with Crippen molar-refractivity contribution in [1.82, 2.24) is 0 Å². The van der Waals surface area contributed by atoms with E-state index >= 15 is 0 Å². The largest absolute Gasteiger partial charge is 0.409 e. The molecule has 0 aromatic rings. The SMILES string of the molecule is C=C1C[C@@H]2CCCC[C@]2(O[Si](C(C)C)(C(C)C)C(C)C)[C@@H]1SC1CCCC1. The number of fused-ring (bicyclic) bond motifs is 1. The molecule has 0 heterocycles. The summed E-state index contributed by atoms with van der Waals surface area (Å²) in [5.41, 5.74) is 3.60. The van der Waals surface area contributed by atoms with Gasteiger partial charge >= 0.3 is 0 Å². The molecular formula is C24H44OSSi. The number of hydrogen-bond donors (Lipinski definition) is 0. The van der Waals surface area contributed by atoms with Gasteiger partial charge in [0.2, 0.25) is 8.32 Å². The summed E-state index contributed by atoms with van der Waals surface area (Å²) < 4.78 is 7.73. The van der Waals surface area contributed by atoms with Crippen molar-refractivity contribution in [3.05, 3.63) is 12.2 Å². The third kappa shape index (κ3) is 3.86. The summed E-state index contributed by atoms with van der Waals surface area (Å²) in [6.07, 6.45) is 12.3. The van der Waals surface area contributed by atoms with E-state index in [1.54, 1.807) is 0 Å². The fourth-order valence-electron chi connectivity index (χ4n) is 6.93. The van der Waals surface area contributed by atoms with Crippen molar-refractivity contribution in [2.75, 3.05) is 0 Å². The fraction of sp³-hybridized carbons (Fsp3) is 0.917. The predicted octanol–water partition coefficient (Wildman–Crippen LogP) is 8.11. The van der Waals surface area contributed by atoms with E-state index in [4.69, 9.17) is 4.43 Å². The Morgan fingerprint density at radius 3 is 2.04 bits per heavy atom. The molecule has 3 aliphatic carbocycles. The van der Waals surface area contributed by atoms with Crippen LogP contribution in [0.4, 0.5) is 0 Å². The maximum atomic E-state index is 7.73. The highest BCUT2D eigenvalue weighted by Crippen LogP contribution is 2.59. The van der Waals surface area contributed by atoms with Gasteiger partial charge in [-0.25, -0.2) is 0 Å². The van der Waals surface area contributed by atoms with E-state index in [1.165, 1.54) is 63.4 Å². The van der Waals surface area contributed by atoms with Gasteiger partial charge in [-0.2, -0.15) is 0 Å². The lowest BCUT2D eigenvalue weighted by Gasteiger charge is -2.54. The zero-order chi connectivity index (χ0) is 19.8. The monoisotopic (exact) mass is 408 g/mol. The number of hydrogen-bond acceptors (Lipinski definition) is 2. The van der Waals surface area contributed by atoms with Gasteiger partial charge in [0.05, 0.1) is 10.9 Å². The lowest BCUT2D eigenvalue weighted by Crippen LogP contribution is -2.59. The first-order chi connectivity index (χ1) is 12.7. The summed E-state index contributed by atoms with van der Waals surface area (Å²) in [6, 6.07) is 0. The van der Waals surface area contributed by atoms with Crippen molar-refractivity contribution >= 4 is 20.1 Å². The van der Waals surface area contributed by atoms with Crippen LogP contribution < -0.4 is 0 Å². The van der Waals surface area contributed by atoms with Gasteiger partial charge in [-0.15, -0.1) is 11.8 Å². The summed E-state index contributed by atoms with van der Waals surface area (Å²) in [4.78, 5) is 0. The minimum absolute atomic E-state index is 0.0909. The van der Waals surface area contributed by atoms with Crippen molar-refractivity contribution < 1.29 is 4.43 Å². The first kappa shape index (κ1) is 22.0. The quantitative estimate of drug-likeness (QED) is 0.311. The molecule has 27 heavy (non-hydrogen) atoms. The van der Waals surface area contributed by atoms with Crippen LogP contribution in [0.3, 0.4) is 0 Å². The second kappa shape index (κ2) is 8.56. The molecule has 0 aliphatic heterocycles. The summed E-state index contributed by atoms with van der Waals surface area (Å²) in [5.74, 6) is 0.723. The molecule has 3 atom stereocenters. The Morgan fingerprint density at radius 2 is 1.48 bits per heavy atom. The second-order valence-electron chi connectivity index (χ2n) is 10.6. The van der Waals surface area contributed by atoms with Crippen LogP contribution in [-0.2, 0) is 4.43 Å². The molecule has 0 saturated heterocycles. The van der Waals surface area contributed by atoms with Gasteiger partial charge in [0.1, 0.15) is 0 Å². The number of thioether (sulfide) groups is 1. The van der Waals surface area contributed by atoms with Crippen LogP contribution in [0.25, 0.3) is 0 Å². The standard InChI is InChI=1S/C24H44OSSi/c1-17(2)27(18(3)4,19(5)6)25-24-15-11-10-12-21(24)16-20(7)23(24)26-22-13-8-9-14-22/h17-19,21-23H,7-16H2,1-6H3/t21-,23+,24+/m0/s1. The third-order valence-electron chi connectivity index (χ3n) is 8.09. The minimum Gasteiger partial charge on any atom is -0.409 e. The van der Waals surface area contributed by atoms with Crippen molar-refractivity contribution in [2.24, 2.45) is 5.92 Å². The summed E-state index contributed by atoms with van der Waals surface area (Å²) >= 11 is 2.28. The molecule has 0 N–H and O–H groups in total. The van der Waals surface area contributed by atoms with Gasteiger partial charge in [0.15, 0.2) is 0 Å². The number of rotatable bonds is 7. The lowest BCUT2D eigenvalue weighted by molar-refractivity contribution is -0.0130. The van der Waals surface area contributed by atoms with Crippen LogP contribution >= 0.6 is 11.8 Å². The van der Waals surface area contributed by atoms with Gasteiger partial charge < -0.3 is 4.43 Å². The molecule has 3 fully saturated rings. The minimum atomic E-state index is -1.89. The maximum absolute atomic E-state index is 7.73. The van der Waals surface area contributed by atoms with E-state index in [-0.39, 0.29) is 5.60 Å². The third-order valence-corrected chi connectivity index (χ3v) is 16.1. The molecule has 0 amide bonds. The highest BCUT2D eigenvalue weighted by molar-refractivity contribution is 8.00. The highest BCUT2D eigenvalue weighted by atomic mass is 32.2. The molecule has 0 aromatic carbocycles. The molecule has 3 aliphatic rings. The van der Waals surface area contributed by atoms with Gasteiger partial charge in [-0.05, 0) is 54.6 Å². The van der Waals surface area contributed by atoms with E-state index in [0.29, 0.717) is 21.9 Å². The second-order valence-corrected chi connectivity index (χ2v) is 17.4. The molecule has 0 spiro atoms. The van der Waals surface area contributed by atoms with E-state index in [1.807, 2.05) is 0 Å². The molecule has 156 valence electrons. The topological polar surface area (TPSA) is 9.23 Å². The van der Waals surface area contributed by atoms with E-state index in [0.717, 1.165) is 11.2 Å². The molecule has 0 aromatic heterocycles. The first-order valence-electron chi connectivity index (χ1n) is 11.8. The van der Waals surface area contributed by atoms with Crippen molar-refractivity contribution in [3.63, 3.8) is 0 Å². The molecule has 0 bridgehead atoms. The lowest BCUT2D eigenvalue weighted by atomic mass is 9.78. The van der Waals surface area contributed by atoms with Crippen LogP contribution in [0.15, 0.2) is 12.2 Å². The van der Waals surface area contributed by atoms with Crippen molar-refractivity contribution in [1.29, 1.82) is 0 Å². The Bertz CT molecular complexity index is 501. The molecule has 3 rings (SSSR count). The Hall–Kier alpha value is 0.267. The van der Waals surface area contributed by atoms with E-state index in [2.05, 4.69) is 59.9 Å². The molecule has 3 saturated carbocycles. The van der Waals surface area contributed by atoms with E-state index < -0.39 is 8.32 Å². The maximum Gasteiger partial charge on any atom is 0.201 e. The average molecular weight is 409 g/mol.